The molecule has 1 atom stereocenters. The molecule has 7 nitrogen and oxygen atoms in total. The average molecular weight is 630 g/mol. The summed E-state index contributed by atoms with van der Waals surface area (Å²) in [5, 5.41) is 1.37. The zero-order chi connectivity index (χ0) is 30.3. The van der Waals surface area contributed by atoms with E-state index in [0.29, 0.717) is 17.1 Å². The fourth-order valence-corrected chi connectivity index (χ4v) is 8.11. The third-order valence-electron chi connectivity index (χ3n) is 7.52. The van der Waals surface area contributed by atoms with E-state index >= 15 is 0 Å². The molecule has 43 heavy (non-hydrogen) atoms. The van der Waals surface area contributed by atoms with Gasteiger partial charge in [-0.25, -0.2) is 18.3 Å². The summed E-state index contributed by atoms with van der Waals surface area (Å²) < 4.78 is 30.1. The summed E-state index contributed by atoms with van der Waals surface area (Å²) in [4.78, 5) is 33.0. The molecule has 2 heterocycles. The quantitative estimate of drug-likeness (QED) is 0.176. The maximum Gasteiger partial charge on any atom is 0.252 e. The molecule has 1 unspecified atom stereocenters. The Morgan fingerprint density at radius 3 is 2.37 bits per heavy atom. The monoisotopic (exact) mass is 629 g/mol. The summed E-state index contributed by atoms with van der Waals surface area (Å²) in [5.41, 5.74) is 5.06. The van der Waals surface area contributed by atoms with Gasteiger partial charge in [-0.1, -0.05) is 47.5 Å². The second-order valence-electron chi connectivity index (χ2n) is 10.6. The molecule has 1 aromatic heterocycles. The first-order valence-corrected chi connectivity index (χ1v) is 16.4. The van der Waals surface area contributed by atoms with Gasteiger partial charge in [-0.05, 0) is 92.1 Å². The number of thiazole rings is 1. The lowest BCUT2D eigenvalue weighted by Gasteiger charge is -2.27. The molecule has 5 aromatic rings. The van der Waals surface area contributed by atoms with E-state index in [4.69, 9.17) is 16.6 Å². The molecule has 10 heteroatoms. The Balaban J connectivity index is 1.29. The lowest BCUT2D eigenvalue weighted by molar-refractivity contribution is -0.122. The Morgan fingerprint density at radius 2 is 1.65 bits per heavy atom. The van der Waals surface area contributed by atoms with Crippen LogP contribution in [0.2, 0.25) is 5.02 Å². The average Bonchev–Trinajstić information content (AvgIpc) is 3.53. The number of imide groups is 1. The number of benzene rings is 4. The summed E-state index contributed by atoms with van der Waals surface area (Å²) >= 11 is 7.73. The minimum Gasteiger partial charge on any atom is -0.274 e. The van der Waals surface area contributed by atoms with Gasteiger partial charge in [-0.15, -0.1) is 11.3 Å². The van der Waals surface area contributed by atoms with Crippen molar-refractivity contribution in [2.75, 3.05) is 11.4 Å². The van der Waals surface area contributed by atoms with E-state index in [9.17, 15) is 18.0 Å². The number of carbonyl (C=O) groups excluding carboxylic acids is 2. The van der Waals surface area contributed by atoms with Gasteiger partial charge < -0.3 is 0 Å². The molecule has 0 aliphatic carbocycles. The molecule has 1 aliphatic heterocycles. The number of aromatic nitrogens is 1. The summed E-state index contributed by atoms with van der Waals surface area (Å²) in [7, 11) is -4.11. The molecular weight excluding hydrogens is 602 g/mol. The normalized spacial score (nSPS) is 15.6. The summed E-state index contributed by atoms with van der Waals surface area (Å²) in [6.07, 6.45) is 0.0679. The van der Waals surface area contributed by atoms with Crippen LogP contribution in [0.1, 0.15) is 23.1 Å². The third-order valence-corrected chi connectivity index (χ3v) is 10.7. The maximum absolute atomic E-state index is 13.9. The number of halogens is 1. The molecule has 4 aromatic carbocycles. The Hall–Kier alpha value is -3.89. The van der Waals surface area contributed by atoms with E-state index < -0.39 is 27.9 Å². The van der Waals surface area contributed by atoms with Crippen molar-refractivity contribution in [3.63, 3.8) is 0 Å². The Kier molecular flexibility index (Phi) is 7.91. The van der Waals surface area contributed by atoms with Gasteiger partial charge >= 0.3 is 0 Å². The number of aryl methyl sites for hydroxylation is 2. The van der Waals surface area contributed by atoms with Gasteiger partial charge in [0.25, 0.3) is 5.91 Å². The van der Waals surface area contributed by atoms with Crippen LogP contribution in [0.4, 0.5) is 5.69 Å². The number of amides is 2. The van der Waals surface area contributed by atoms with Gasteiger partial charge in [0.05, 0.1) is 27.2 Å². The lowest BCUT2D eigenvalue weighted by atomic mass is 10.1. The van der Waals surface area contributed by atoms with Crippen LogP contribution in [0.25, 0.3) is 20.8 Å². The number of hydrogen-bond donors (Lipinski definition) is 0. The summed E-state index contributed by atoms with van der Waals surface area (Å²) in [6.45, 7) is 3.91. The van der Waals surface area contributed by atoms with Crippen LogP contribution in [-0.2, 0) is 26.0 Å². The molecular formula is C33H28ClN3O4S2. The zero-order valence-electron chi connectivity index (χ0n) is 23.5. The number of anilines is 1. The van der Waals surface area contributed by atoms with Crippen molar-refractivity contribution in [3.05, 3.63) is 113 Å². The fourth-order valence-electron chi connectivity index (χ4n) is 5.24. The number of hydrogen-bond acceptors (Lipinski definition) is 6. The molecule has 2 amide bonds. The van der Waals surface area contributed by atoms with E-state index in [-0.39, 0.29) is 17.9 Å². The smallest absolute Gasteiger partial charge is 0.252 e. The van der Waals surface area contributed by atoms with Gasteiger partial charge in [0.1, 0.15) is 11.0 Å². The van der Waals surface area contributed by atoms with Crippen molar-refractivity contribution < 1.29 is 18.0 Å². The van der Waals surface area contributed by atoms with Crippen LogP contribution in [0.5, 0.6) is 0 Å². The highest BCUT2D eigenvalue weighted by Gasteiger charge is 2.46. The Labute approximate surface area is 259 Å². The highest BCUT2D eigenvalue weighted by Crippen LogP contribution is 2.34. The molecule has 6 rings (SSSR count). The number of sulfonamides is 1. The fraction of sp³-hybridized carbons (Fsp3) is 0.182. The largest absolute Gasteiger partial charge is 0.274 e. The zero-order valence-corrected chi connectivity index (χ0v) is 25.9. The van der Waals surface area contributed by atoms with Crippen molar-refractivity contribution >= 4 is 60.7 Å². The SMILES string of the molecule is Cc1ccc(S(=O)(=O)N(CCc2cccc(Cl)c2)C2CC(=O)N(c3ccc(-c4nc5ccc(C)cc5s4)cc3)C2=O)cc1. The van der Waals surface area contributed by atoms with Crippen LogP contribution < -0.4 is 4.90 Å². The highest BCUT2D eigenvalue weighted by atomic mass is 35.5. The number of carbonyl (C=O) groups is 2. The van der Waals surface area contributed by atoms with E-state index in [1.807, 2.05) is 44.2 Å². The minimum atomic E-state index is -4.11. The molecule has 1 saturated heterocycles. The molecule has 1 fully saturated rings. The molecule has 0 saturated carbocycles. The standard InChI is InChI=1S/C33H28ClN3O4S2/c1-21-6-13-27(14-7-21)43(40,41)36(17-16-23-4-3-5-25(34)19-23)29-20-31(38)37(33(29)39)26-11-9-24(10-12-26)32-35-28-15-8-22(2)18-30(28)42-32/h3-15,18-19,29H,16-17,20H2,1-2H3. The highest BCUT2D eigenvalue weighted by molar-refractivity contribution is 7.89. The Bertz CT molecular complexity index is 1950. The third kappa shape index (κ3) is 5.86. The Morgan fingerprint density at radius 1 is 0.930 bits per heavy atom. The van der Waals surface area contributed by atoms with Gasteiger partial charge in [0.2, 0.25) is 15.9 Å². The first kappa shape index (κ1) is 29.2. The number of rotatable bonds is 8. The van der Waals surface area contributed by atoms with Gasteiger partial charge in [0, 0.05) is 17.1 Å². The van der Waals surface area contributed by atoms with Gasteiger partial charge in [0.15, 0.2) is 0 Å². The lowest BCUT2D eigenvalue weighted by Crippen LogP contribution is -2.46. The predicted molar refractivity (Wildman–Crippen MR) is 171 cm³/mol. The van der Waals surface area contributed by atoms with E-state index in [1.54, 1.807) is 53.8 Å². The summed E-state index contributed by atoms with van der Waals surface area (Å²) in [5.74, 6) is -1.03. The topological polar surface area (TPSA) is 87.7 Å². The van der Waals surface area contributed by atoms with Crippen LogP contribution in [0, 0.1) is 13.8 Å². The van der Waals surface area contributed by atoms with Crippen molar-refractivity contribution in [3.8, 4) is 10.6 Å². The van der Waals surface area contributed by atoms with Crippen molar-refractivity contribution in [1.82, 2.24) is 9.29 Å². The van der Waals surface area contributed by atoms with Crippen LogP contribution in [-0.4, -0.2) is 42.1 Å². The first-order chi connectivity index (χ1) is 20.6. The molecule has 1 aliphatic rings. The second kappa shape index (κ2) is 11.7. The van der Waals surface area contributed by atoms with Crippen LogP contribution >= 0.6 is 22.9 Å². The van der Waals surface area contributed by atoms with E-state index in [0.717, 1.165) is 46.7 Å². The van der Waals surface area contributed by atoms with Crippen molar-refractivity contribution in [2.45, 2.75) is 37.6 Å². The van der Waals surface area contributed by atoms with Crippen molar-refractivity contribution in [1.29, 1.82) is 0 Å². The second-order valence-corrected chi connectivity index (χ2v) is 14.0. The molecule has 218 valence electrons. The minimum absolute atomic E-state index is 0.00406. The number of fused-ring (bicyclic) bond motifs is 1. The summed E-state index contributed by atoms with van der Waals surface area (Å²) in [6, 6.07) is 25.6. The van der Waals surface area contributed by atoms with Crippen LogP contribution in [0.3, 0.4) is 0 Å². The van der Waals surface area contributed by atoms with E-state index in [1.165, 1.54) is 12.1 Å². The first-order valence-electron chi connectivity index (χ1n) is 13.8. The molecule has 0 radical (unpaired) electrons. The molecule has 0 bridgehead atoms. The van der Waals surface area contributed by atoms with Crippen LogP contribution in [0.15, 0.2) is 95.9 Å². The van der Waals surface area contributed by atoms with E-state index in [2.05, 4.69) is 6.07 Å². The maximum atomic E-state index is 13.9. The van der Waals surface area contributed by atoms with Gasteiger partial charge in [-0.3, -0.25) is 9.59 Å². The predicted octanol–water partition coefficient (Wildman–Crippen LogP) is 6.80. The number of nitrogens with zero attached hydrogens (tertiary/aromatic N) is 3. The van der Waals surface area contributed by atoms with Gasteiger partial charge in [-0.2, -0.15) is 4.31 Å². The van der Waals surface area contributed by atoms with Crippen molar-refractivity contribution in [2.24, 2.45) is 0 Å². The molecule has 0 spiro atoms. The molecule has 0 N–H and O–H groups in total.